The zero-order valence-electron chi connectivity index (χ0n) is 8.80. The van der Waals surface area contributed by atoms with Crippen molar-refractivity contribution in [2.24, 2.45) is 0 Å². The van der Waals surface area contributed by atoms with Gasteiger partial charge in [0.15, 0.2) is 0 Å². The molecule has 1 heterocycles. The Morgan fingerprint density at radius 2 is 1.93 bits per heavy atom. The first-order valence-corrected chi connectivity index (χ1v) is 5.22. The Labute approximate surface area is 85.0 Å². The van der Waals surface area contributed by atoms with E-state index in [0.29, 0.717) is 11.8 Å². The van der Waals surface area contributed by atoms with E-state index >= 15 is 0 Å². The summed E-state index contributed by atoms with van der Waals surface area (Å²) in [5.74, 6) is 0.437. The normalized spacial score (nSPS) is 21.4. The molecule has 2 N–H and O–H groups in total. The van der Waals surface area contributed by atoms with Crippen LogP contribution in [-0.2, 0) is 0 Å². The third-order valence-electron chi connectivity index (χ3n) is 2.98. The van der Waals surface area contributed by atoms with E-state index in [1.54, 1.807) is 0 Å². The van der Waals surface area contributed by atoms with Gasteiger partial charge in [-0.3, -0.25) is 0 Å². The summed E-state index contributed by atoms with van der Waals surface area (Å²) in [4.78, 5) is 0. The smallest absolute Gasteiger partial charge is 0.121 e. The number of hydrogen-bond acceptors (Lipinski definition) is 2. The molecule has 1 atom stereocenters. The van der Waals surface area contributed by atoms with Crippen LogP contribution in [0.4, 0.5) is 0 Å². The lowest BCUT2D eigenvalue weighted by atomic mass is 9.99. The predicted octanol–water partition coefficient (Wildman–Crippen LogP) is 2.43. The molecular weight excluding hydrogens is 174 g/mol. The van der Waals surface area contributed by atoms with E-state index < -0.39 is 0 Å². The maximum absolute atomic E-state index is 9.65. The monoisotopic (exact) mass is 191 g/mol. The SMILES string of the molecule is Cc1cc([C@@H]2CCCN2)cc(C)c1O. The molecule has 0 amide bonds. The summed E-state index contributed by atoms with van der Waals surface area (Å²) in [5, 5.41) is 13.1. The Morgan fingerprint density at radius 1 is 1.29 bits per heavy atom. The summed E-state index contributed by atoms with van der Waals surface area (Å²) in [7, 11) is 0. The van der Waals surface area contributed by atoms with Crippen molar-refractivity contribution in [3.8, 4) is 5.75 Å². The second-order valence-corrected chi connectivity index (χ2v) is 4.15. The largest absolute Gasteiger partial charge is 0.507 e. The number of nitrogens with one attached hydrogen (secondary N) is 1. The molecule has 0 aliphatic carbocycles. The van der Waals surface area contributed by atoms with E-state index in [1.807, 2.05) is 13.8 Å². The van der Waals surface area contributed by atoms with Crippen molar-refractivity contribution in [1.82, 2.24) is 5.32 Å². The first-order chi connectivity index (χ1) is 6.68. The van der Waals surface area contributed by atoms with E-state index in [4.69, 9.17) is 0 Å². The molecule has 76 valence electrons. The van der Waals surface area contributed by atoms with Crippen LogP contribution in [-0.4, -0.2) is 11.7 Å². The minimum absolute atomic E-state index is 0.437. The Morgan fingerprint density at radius 3 is 2.43 bits per heavy atom. The number of phenolic OH excluding ortho intramolecular Hbond substituents is 1. The summed E-state index contributed by atoms with van der Waals surface area (Å²) in [6, 6.07) is 4.67. The third kappa shape index (κ3) is 1.62. The maximum atomic E-state index is 9.65. The molecule has 1 aliphatic heterocycles. The minimum atomic E-state index is 0.437. The lowest BCUT2D eigenvalue weighted by Gasteiger charge is -2.13. The highest BCUT2D eigenvalue weighted by Gasteiger charge is 2.17. The van der Waals surface area contributed by atoms with Gasteiger partial charge in [-0.1, -0.05) is 12.1 Å². The van der Waals surface area contributed by atoms with Gasteiger partial charge in [0.25, 0.3) is 0 Å². The van der Waals surface area contributed by atoms with Gasteiger partial charge >= 0.3 is 0 Å². The van der Waals surface area contributed by atoms with Crippen LogP contribution in [0.1, 0.15) is 35.6 Å². The van der Waals surface area contributed by atoms with Crippen molar-refractivity contribution < 1.29 is 5.11 Å². The molecule has 0 aromatic heterocycles. The number of benzene rings is 1. The average Bonchev–Trinajstić information content (AvgIpc) is 2.66. The zero-order chi connectivity index (χ0) is 10.1. The fraction of sp³-hybridized carbons (Fsp3) is 0.500. The van der Waals surface area contributed by atoms with Crippen molar-refractivity contribution in [3.05, 3.63) is 28.8 Å². The summed E-state index contributed by atoms with van der Waals surface area (Å²) in [5.41, 5.74) is 3.28. The quantitative estimate of drug-likeness (QED) is 0.714. The zero-order valence-corrected chi connectivity index (χ0v) is 8.80. The third-order valence-corrected chi connectivity index (χ3v) is 2.98. The first-order valence-electron chi connectivity index (χ1n) is 5.22. The van der Waals surface area contributed by atoms with Crippen LogP contribution in [0.25, 0.3) is 0 Å². The van der Waals surface area contributed by atoms with Gasteiger partial charge in [0.1, 0.15) is 5.75 Å². The second kappa shape index (κ2) is 3.62. The molecule has 1 aromatic rings. The van der Waals surface area contributed by atoms with Gasteiger partial charge in [-0.05, 0) is 49.9 Å². The average molecular weight is 191 g/mol. The molecule has 1 saturated heterocycles. The Bertz CT molecular complexity index is 317. The topological polar surface area (TPSA) is 32.3 Å². The Balaban J connectivity index is 2.34. The van der Waals surface area contributed by atoms with Gasteiger partial charge < -0.3 is 10.4 Å². The molecule has 0 unspecified atom stereocenters. The Kier molecular flexibility index (Phi) is 2.46. The highest BCUT2D eigenvalue weighted by molar-refractivity contribution is 5.43. The van der Waals surface area contributed by atoms with E-state index in [0.717, 1.165) is 17.7 Å². The minimum Gasteiger partial charge on any atom is -0.507 e. The molecule has 1 aliphatic rings. The van der Waals surface area contributed by atoms with Gasteiger partial charge in [0.05, 0.1) is 0 Å². The number of aryl methyl sites for hydroxylation is 2. The molecule has 1 fully saturated rings. The number of rotatable bonds is 1. The molecule has 0 spiro atoms. The molecule has 2 heteroatoms. The van der Waals surface area contributed by atoms with Crippen molar-refractivity contribution in [1.29, 1.82) is 0 Å². The number of phenols is 1. The molecule has 2 nitrogen and oxygen atoms in total. The van der Waals surface area contributed by atoms with Crippen LogP contribution in [0, 0.1) is 13.8 Å². The molecule has 1 aromatic carbocycles. The summed E-state index contributed by atoms with van der Waals surface area (Å²) < 4.78 is 0. The molecule has 14 heavy (non-hydrogen) atoms. The van der Waals surface area contributed by atoms with E-state index in [2.05, 4.69) is 17.4 Å². The summed E-state index contributed by atoms with van der Waals surface area (Å²) in [6.07, 6.45) is 2.47. The fourth-order valence-electron chi connectivity index (χ4n) is 2.16. The van der Waals surface area contributed by atoms with Crippen LogP contribution in [0.2, 0.25) is 0 Å². The molecule has 0 saturated carbocycles. The Hall–Kier alpha value is -1.02. The predicted molar refractivity (Wildman–Crippen MR) is 57.6 cm³/mol. The molecular formula is C12H17NO. The van der Waals surface area contributed by atoms with Gasteiger partial charge in [-0.25, -0.2) is 0 Å². The van der Waals surface area contributed by atoms with Crippen molar-refractivity contribution >= 4 is 0 Å². The first kappa shape index (κ1) is 9.53. The second-order valence-electron chi connectivity index (χ2n) is 4.15. The number of aromatic hydroxyl groups is 1. The van der Waals surface area contributed by atoms with Crippen LogP contribution >= 0.6 is 0 Å². The lowest BCUT2D eigenvalue weighted by molar-refractivity contribution is 0.466. The summed E-state index contributed by atoms with van der Waals surface area (Å²) in [6.45, 7) is 5.03. The molecule has 0 radical (unpaired) electrons. The fourth-order valence-corrected chi connectivity index (χ4v) is 2.16. The van der Waals surface area contributed by atoms with Gasteiger partial charge in [0, 0.05) is 6.04 Å². The molecule has 2 rings (SSSR count). The highest BCUT2D eigenvalue weighted by atomic mass is 16.3. The van der Waals surface area contributed by atoms with Gasteiger partial charge in [-0.15, -0.1) is 0 Å². The van der Waals surface area contributed by atoms with Crippen LogP contribution in [0.15, 0.2) is 12.1 Å². The molecule has 0 bridgehead atoms. The van der Waals surface area contributed by atoms with E-state index in [-0.39, 0.29) is 0 Å². The van der Waals surface area contributed by atoms with Crippen molar-refractivity contribution in [3.63, 3.8) is 0 Å². The van der Waals surface area contributed by atoms with E-state index in [9.17, 15) is 5.11 Å². The van der Waals surface area contributed by atoms with E-state index in [1.165, 1.54) is 18.4 Å². The van der Waals surface area contributed by atoms with Crippen LogP contribution in [0.5, 0.6) is 5.75 Å². The van der Waals surface area contributed by atoms with Crippen LogP contribution in [0.3, 0.4) is 0 Å². The van der Waals surface area contributed by atoms with Gasteiger partial charge in [-0.2, -0.15) is 0 Å². The maximum Gasteiger partial charge on any atom is 0.121 e. The van der Waals surface area contributed by atoms with Crippen molar-refractivity contribution in [2.75, 3.05) is 6.54 Å². The standard InChI is InChI=1S/C12H17NO/c1-8-6-10(7-9(2)12(8)14)11-4-3-5-13-11/h6-7,11,13-14H,3-5H2,1-2H3/t11-/m0/s1. The highest BCUT2D eigenvalue weighted by Crippen LogP contribution is 2.29. The van der Waals surface area contributed by atoms with Crippen molar-refractivity contribution in [2.45, 2.75) is 32.7 Å². The van der Waals surface area contributed by atoms with Gasteiger partial charge in [0.2, 0.25) is 0 Å². The lowest BCUT2D eigenvalue weighted by Crippen LogP contribution is -2.13. The number of hydrogen-bond donors (Lipinski definition) is 2. The summed E-state index contributed by atoms with van der Waals surface area (Å²) >= 11 is 0. The van der Waals surface area contributed by atoms with Crippen LogP contribution < -0.4 is 5.32 Å².